The second-order valence-corrected chi connectivity index (χ2v) is 7.12. The second kappa shape index (κ2) is 4.94. The summed E-state index contributed by atoms with van der Waals surface area (Å²) in [6, 6.07) is -0.773. The highest BCUT2D eigenvalue weighted by atomic mass is 32.2. The maximum atomic E-state index is 11.8. The minimum atomic E-state index is -3.14. The van der Waals surface area contributed by atoms with Gasteiger partial charge in [-0.1, -0.05) is 12.8 Å². The van der Waals surface area contributed by atoms with Crippen LogP contribution in [0.25, 0.3) is 0 Å². The fraction of sp³-hybridized carbons (Fsp3) is 0.909. The summed E-state index contributed by atoms with van der Waals surface area (Å²) in [5, 5.41) is 3.15. The Morgan fingerprint density at radius 3 is 2.47 bits per heavy atom. The number of rotatable bonds is 2. The van der Waals surface area contributed by atoms with Crippen molar-refractivity contribution in [2.24, 2.45) is 5.92 Å². The van der Waals surface area contributed by atoms with Gasteiger partial charge in [0, 0.05) is 6.04 Å². The van der Waals surface area contributed by atoms with E-state index in [0.29, 0.717) is 5.92 Å². The Kier molecular flexibility index (Phi) is 3.73. The molecule has 0 radical (unpaired) electrons. The number of hydrogen-bond acceptors (Lipinski definition) is 5. The summed E-state index contributed by atoms with van der Waals surface area (Å²) >= 11 is 0. The number of hydrogen-bond donors (Lipinski definition) is 1. The molecule has 2 unspecified atom stereocenters. The maximum Gasteiger partial charge on any atom is 0.323 e. The lowest BCUT2D eigenvalue weighted by atomic mass is 9.98. The molecule has 17 heavy (non-hydrogen) atoms. The van der Waals surface area contributed by atoms with Crippen molar-refractivity contribution in [2.45, 2.75) is 37.8 Å². The molecule has 1 aliphatic heterocycles. The number of ether oxygens (including phenoxy) is 1. The molecule has 1 saturated carbocycles. The molecule has 1 heterocycles. The van der Waals surface area contributed by atoms with E-state index in [4.69, 9.17) is 0 Å². The Hall–Kier alpha value is -0.620. The third-order valence-electron chi connectivity index (χ3n) is 3.72. The largest absolute Gasteiger partial charge is 0.468 e. The number of methoxy groups -OCH3 is 1. The van der Waals surface area contributed by atoms with Gasteiger partial charge in [0.15, 0.2) is 9.84 Å². The van der Waals surface area contributed by atoms with Crippen molar-refractivity contribution >= 4 is 15.8 Å². The molecule has 0 aromatic heterocycles. The lowest BCUT2D eigenvalue weighted by molar-refractivity contribution is -0.142. The van der Waals surface area contributed by atoms with Crippen LogP contribution in [0.2, 0.25) is 0 Å². The molecule has 1 N–H and O–H groups in total. The molecule has 5 nitrogen and oxygen atoms in total. The zero-order valence-corrected chi connectivity index (χ0v) is 10.8. The van der Waals surface area contributed by atoms with Gasteiger partial charge in [-0.25, -0.2) is 8.42 Å². The smallest absolute Gasteiger partial charge is 0.323 e. The lowest BCUT2D eigenvalue weighted by Crippen LogP contribution is -2.57. The van der Waals surface area contributed by atoms with Gasteiger partial charge in [-0.3, -0.25) is 10.1 Å². The van der Waals surface area contributed by atoms with Crippen molar-refractivity contribution < 1.29 is 17.9 Å². The van der Waals surface area contributed by atoms with Gasteiger partial charge in [-0.05, 0) is 18.8 Å². The summed E-state index contributed by atoms with van der Waals surface area (Å²) in [6.45, 7) is 0. The van der Waals surface area contributed by atoms with E-state index in [1.54, 1.807) is 0 Å². The van der Waals surface area contributed by atoms with Crippen molar-refractivity contribution in [3.8, 4) is 0 Å². The molecule has 0 aromatic rings. The van der Waals surface area contributed by atoms with Crippen molar-refractivity contribution in [3.05, 3.63) is 0 Å². The van der Waals surface area contributed by atoms with Crippen LogP contribution in [0, 0.1) is 5.92 Å². The van der Waals surface area contributed by atoms with Gasteiger partial charge in [0.05, 0.1) is 18.6 Å². The number of sulfone groups is 1. The van der Waals surface area contributed by atoms with Crippen LogP contribution in [0.5, 0.6) is 0 Å². The zero-order chi connectivity index (χ0) is 12.5. The normalized spacial score (nSPS) is 33.5. The van der Waals surface area contributed by atoms with Crippen LogP contribution in [0.3, 0.4) is 0 Å². The fourth-order valence-electron chi connectivity index (χ4n) is 2.86. The van der Waals surface area contributed by atoms with Crippen LogP contribution < -0.4 is 5.32 Å². The van der Waals surface area contributed by atoms with Crippen LogP contribution in [-0.4, -0.2) is 45.1 Å². The fourth-order valence-corrected chi connectivity index (χ4v) is 4.65. The minimum absolute atomic E-state index is 0.0830. The average Bonchev–Trinajstić information content (AvgIpc) is 2.79. The Balaban J connectivity index is 2.10. The summed E-state index contributed by atoms with van der Waals surface area (Å²) in [5.41, 5.74) is 0. The Morgan fingerprint density at radius 2 is 1.88 bits per heavy atom. The second-order valence-electron chi connectivity index (χ2n) is 4.97. The summed E-state index contributed by atoms with van der Waals surface area (Å²) in [7, 11) is -1.85. The average molecular weight is 261 g/mol. The van der Waals surface area contributed by atoms with E-state index >= 15 is 0 Å². The number of carbonyl (C=O) groups excluding carboxylic acids is 1. The van der Waals surface area contributed by atoms with Crippen molar-refractivity contribution in [1.29, 1.82) is 0 Å². The van der Waals surface area contributed by atoms with Gasteiger partial charge in [0.2, 0.25) is 0 Å². The van der Waals surface area contributed by atoms with Crippen LogP contribution in [0.1, 0.15) is 25.7 Å². The van der Waals surface area contributed by atoms with Crippen LogP contribution in [0.15, 0.2) is 0 Å². The van der Waals surface area contributed by atoms with Gasteiger partial charge in [0.25, 0.3) is 0 Å². The quantitative estimate of drug-likeness (QED) is 0.714. The highest BCUT2D eigenvalue weighted by Crippen LogP contribution is 2.30. The van der Waals surface area contributed by atoms with E-state index in [0.717, 1.165) is 25.7 Å². The third kappa shape index (κ3) is 2.98. The monoisotopic (exact) mass is 261 g/mol. The number of nitrogens with one attached hydrogen (secondary N) is 1. The topological polar surface area (TPSA) is 72.5 Å². The number of carbonyl (C=O) groups is 1. The van der Waals surface area contributed by atoms with Gasteiger partial charge < -0.3 is 4.74 Å². The molecule has 0 spiro atoms. The first-order chi connectivity index (χ1) is 8.02. The molecule has 0 aromatic carbocycles. The minimum Gasteiger partial charge on any atom is -0.468 e. The van der Waals surface area contributed by atoms with E-state index < -0.39 is 21.8 Å². The van der Waals surface area contributed by atoms with Crippen molar-refractivity contribution in [3.63, 3.8) is 0 Å². The molecular weight excluding hydrogens is 242 g/mol. The molecular formula is C11H19NO4S. The van der Waals surface area contributed by atoms with E-state index in [2.05, 4.69) is 10.1 Å². The summed E-state index contributed by atoms with van der Waals surface area (Å²) < 4.78 is 28.2. The molecule has 2 rings (SSSR count). The van der Waals surface area contributed by atoms with Gasteiger partial charge in [-0.15, -0.1) is 0 Å². The Morgan fingerprint density at radius 1 is 1.24 bits per heavy atom. The van der Waals surface area contributed by atoms with E-state index in [1.807, 2.05) is 0 Å². The molecule has 2 atom stereocenters. The van der Waals surface area contributed by atoms with Gasteiger partial charge >= 0.3 is 5.97 Å². The first-order valence-corrected chi connectivity index (χ1v) is 7.88. The van der Waals surface area contributed by atoms with E-state index in [-0.39, 0.29) is 17.5 Å². The summed E-state index contributed by atoms with van der Waals surface area (Å²) in [5.74, 6) is -0.0675. The standard InChI is InChI=1S/C11H19NO4S/c1-16-11(13)10-7-17(14,15)6-9(12-10)8-4-2-3-5-8/h8-10,12H,2-7H2,1H3. The predicted octanol–water partition coefficient (Wildman–Crippen LogP) is 0.105. The molecule has 98 valence electrons. The van der Waals surface area contributed by atoms with E-state index in [1.165, 1.54) is 7.11 Å². The van der Waals surface area contributed by atoms with Crippen molar-refractivity contribution in [1.82, 2.24) is 5.32 Å². The van der Waals surface area contributed by atoms with Gasteiger partial charge in [0.1, 0.15) is 6.04 Å². The molecule has 2 aliphatic rings. The number of esters is 1. The van der Waals surface area contributed by atoms with E-state index in [9.17, 15) is 13.2 Å². The zero-order valence-electron chi connectivity index (χ0n) is 10.0. The molecule has 6 heteroatoms. The summed E-state index contributed by atoms with van der Waals surface area (Å²) in [4.78, 5) is 11.5. The SMILES string of the molecule is COC(=O)C1CS(=O)(=O)CC(C2CCCC2)N1. The van der Waals surface area contributed by atoms with Crippen LogP contribution >= 0.6 is 0 Å². The first-order valence-electron chi connectivity index (χ1n) is 6.06. The highest BCUT2D eigenvalue weighted by molar-refractivity contribution is 7.91. The predicted molar refractivity (Wildman–Crippen MR) is 63.3 cm³/mol. The van der Waals surface area contributed by atoms with Crippen molar-refractivity contribution in [2.75, 3.05) is 18.6 Å². The van der Waals surface area contributed by atoms with Crippen LogP contribution in [-0.2, 0) is 19.4 Å². The summed E-state index contributed by atoms with van der Waals surface area (Å²) in [6.07, 6.45) is 4.43. The molecule has 1 aliphatic carbocycles. The molecule has 0 bridgehead atoms. The maximum absolute atomic E-state index is 11.8. The van der Waals surface area contributed by atoms with Gasteiger partial charge in [-0.2, -0.15) is 0 Å². The third-order valence-corrected chi connectivity index (χ3v) is 5.43. The Labute approximate surface area is 102 Å². The molecule has 1 saturated heterocycles. The molecule has 2 fully saturated rings. The molecule has 0 amide bonds. The first kappa shape index (κ1) is 12.8. The van der Waals surface area contributed by atoms with Crippen LogP contribution in [0.4, 0.5) is 0 Å². The Bertz CT molecular complexity index is 386. The lowest BCUT2D eigenvalue weighted by Gasteiger charge is -2.32. The highest BCUT2D eigenvalue weighted by Gasteiger charge is 2.39.